The zero-order valence-corrected chi connectivity index (χ0v) is 18.7. The van der Waals surface area contributed by atoms with Crippen molar-refractivity contribution in [3.63, 3.8) is 0 Å². The lowest BCUT2D eigenvalue weighted by molar-refractivity contribution is -0.133. The fraction of sp³-hybridized carbons (Fsp3) is 0.583. The Hall–Kier alpha value is -2.58. The van der Waals surface area contributed by atoms with Crippen molar-refractivity contribution in [2.45, 2.75) is 50.7 Å². The molecule has 0 bridgehead atoms. The number of amides is 2. The first-order valence-electron chi connectivity index (χ1n) is 11.7. The molecule has 2 aliphatic heterocycles. The molecule has 1 atom stereocenters. The molecule has 2 amide bonds. The van der Waals surface area contributed by atoms with Crippen molar-refractivity contribution in [3.05, 3.63) is 36.2 Å². The highest BCUT2D eigenvalue weighted by Gasteiger charge is 2.48. The van der Waals surface area contributed by atoms with Gasteiger partial charge in [-0.2, -0.15) is 0 Å². The number of fused-ring (bicyclic) bond motifs is 1. The van der Waals surface area contributed by atoms with Crippen LogP contribution in [0, 0.1) is 0 Å². The van der Waals surface area contributed by atoms with Crippen LogP contribution in [0.15, 0.2) is 34.9 Å². The zero-order valence-electron chi connectivity index (χ0n) is 18.7. The smallest absolute Gasteiger partial charge is 0.271 e. The van der Waals surface area contributed by atoms with Crippen molar-refractivity contribution in [1.29, 1.82) is 0 Å². The second-order valence-electron chi connectivity index (χ2n) is 9.31. The van der Waals surface area contributed by atoms with Gasteiger partial charge in [-0.15, -0.1) is 0 Å². The number of carbonyl (C=O) groups excluding carboxylic acids is 2. The van der Waals surface area contributed by atoms with Gasteiger partial charge in [-0.25, -0.2) is 0 Å². The molecule has 0 aromatic carbocycles. The molecule has 8 heteroatoms. The Kier molecular flexibility index (Phi) is 5.82. The van der Waals surface area contributed by atoms with E-state index in [4.69, 9.17) is 9.15 Å². The summed E-state index contributed by atoms with van der Waals surface area (Å²) in [6.45, 7) is 6.67. The SMILES string of the molecule is CC1(C(=O)NC2CCCC2)Cn2c(ccc2-c2ccco2)C(=O)N1CCN1CCOCC1. The lowest BCUT2D eigenvalue weighted by Crippen LogP contribution is -2.65. The van der Waals surface area contributed by atoms with E-state index in [0.717, 1.165) is 51.0 Å². The van der Waals surface area contributed by atoms with Gasteiger partial charge in [0, 0.05) is 32.2 Å². The van der Waals surface area contributed by atoms with Gasteiger partial charge in [0.25, 0.3) is 5.91 Å². The predicted octanol–water partition coefficient (Wildman–Crippen LogP) is 2.35. The van der Waals surface area contributed by atoms with E-state index in [0.29, 0.717) is 37.8 Å². The van der Waals surface area contributed by atoms with Gasteiger partial charge in [0.05, 0.1) is 31.7 Å². The van der Waals surface area contributed by atoms with Crippen LogP contribution in [0.25, 0.3) is 11.5 Å². The fourth-order valence-corrected chi connectivity index (χ4v) is 5.24. The van der Waals surface area contributed by atoms with Crippen molar-refractivity contribution in [2.75, 3.05) is 39.4 Å². The molecule has 8 nitrogen and oxygen atoms in total. The molecule has 1 N–H and O–H groups in total. The average Bonchev–Trinajstić information content (AvgIpc) is 3.56. The summed E-state index contributed by atoms with van der Waals surface area (Å²) in [5.41, 5.74) is 0.454. The second kappa shape index (κ2) is 8.75. The van der Waals surface area contributed by atoms with Crippen LogP contribution in [0.5, 0.6) is 0 Å². The Bertz CT molecular complexity index is 957. The fourth-order valence-electron chi connectivity index (χ4n) is 5.24. The third-order valence-corrected chi connectivity index (χ3v) is 7.20. The van der Waals surface area contributed by atoms with Crippen molar-refractivity contribution < 1.29 is 18.7 Å². The van der Waals surface area contributed by atoms with Gasteiger partial charge in [0.2, 0.25) is 5.91 Å². The van der Waals surface area contributed by atoms with E-state index in [1.165, 1.54) is 0 Å². The number of hydrogen-bond acceptors (Lipinski definition) is 5. The normalized spacial score (nSPS) is 24.7. The van der Waals surface area contributed by atoms with Gasteiger partial charge in [-0.3, -0.25) is 14.5 Å². The molecular formula is C24H32N4O4. The largest absolute Gasteiger partial charge is 0.463 e. The number of morpholine rings is 1. The Balaban J connectivity index is 1.45. The highest BCUT2D eigenvalue weighted by atomic mass is 16.5. The maximum atomic E-state index is 13.7. The van der Waals surface area contributed by atoms with E-state index < -0.39 is 5.54 Å². The standard InChI is InChI=1S/C24H32N4O4/c1-24(23(30)25-18-5-2-3-6-18)17-27-19(21-7-4-14-32-21)8-9-20(27)22(29)28(24)11-10-26-12-15-31-16-13-26/h4,7-9,14,18H,2-3,5-6,10-13,15-17H2,1H3,(H,25,30). The van der Waals surface area contributed by atoms with Crippen molar-refractivity contribution in [1.82, 2.24) is 19.7 Å². The highest BCUT2D eigenvalue weighted by molar-refractivity contribution is 6.00. The van der Waals surface area contributed by atoms with Gasteiger partial charge in [0.1, 0.15) is 17.0 Å². The van der Waals surface area contributed by atoms with Crippen molar-refractivity contribution in [2.24, 2.45) is 0 Å². The number of hydrogen-bond donors (Lipinski definition) is 1. The van der Waals surface area contributed by atoms with Gasteiger partial charge >= 0.3 is 0 Å². The van der Waals surface area contributed by atoms with E-state index in [2.05, 4.69) is 10.2 Å². The van der Waals surface area contributed by atoms with Crippen LogP contribution >= 0.6 is 0 Å². The minimum absolute atomic E-state index is 0.0653. The van der Waals surface area contributed by atoms with E-state index in [9.17, 15) is 9.59 Å². The molecule has 4 heterocycles. The van der Waals surface area contributed by atoms with Gasteiger partial charge < -0.3 is 23.9 Å². The van der Waals surface area contributed by atoms with Crippen molar-refractivity contribution in [3.8, 4) is 11.5 Å². The molecule has 3 aliphatic rings. The summed E-state index contributed by atoms with van der Waals surface area (Å²) in [5, 5.41) is 3.25. The highest BCUT2D eigenvalue weighted by Crippen LogP contribution is 2.33. The maximum absolute atomic E-state index is 13.7. The molecule has 1 saturated heterocycles. The van der Waals surface area contributed by atoms with Crippen LogP contribution in [0.3, 0.4) is 0 Å². The molecule has 1 aliphatic carbocycles. The molecule has 172 valence electrons. The quantitative estimate of drug-likeness (QED) is 0.746. The van der Waals surface area contributed by atoms with E-state index in [1.54, 1.807) is 11.2 Å². The number of furan rings is 1. The van der Waals surface area contributed by atoms with Crippen molar-refractivity contribution >= 4 is 11.8 Å². The predicted molar refractivity (Wildman–Crippen MR) is 119 cm³/mol. The molecule has 0 radical (unpaired) electrons. The van der Waals surface area contributed by atoms with E-state index >= 15 is 0 Å². The minimum atomic E-state index is -0.973. The van der Waals surface area contributed by atoms with Crippen LogP contribution in [0.4, 0.5) is 0 Å². The van der Waals surface area contributed by atoms with Gasteiger partial charge in [-0.1, -0.05) is 12.8 Å². The van der Waals surface area contributed by atoms with Gasteiger partial charge in [-0.05, 0) is 44.0 Å². The Morgan fingerprint density at radius 2 is 1.88 bits per heavy atom. The molecule has 2 aromatic heterocycles. The van der Waals surface area contributed by atoms with Crippen LogP contribution in [0.2, 0.25) is 0 Å². The van der Waals surface area contributed by atoms with E-state index in [-0.39, 0.29) is 17.9 Å². The Morgan fingerprint density at radius 3 is 2.59 bits per heavy atom. The number of nitrogens with zero attached hydrogens (tertiary/aromatic N) is 3. The molecule has 2 fully saturated rings. The summed E-state index contributed by atoms with van der Waals surface area (Å²) < 4.78 is 13.0. The third-order valence-electron chi connectivity index (χ3n) is 7.20. The minimum Gasteiger partial charge on any atom is -0.463 e. The number of ether oxygens (including phenoxy) is 1. The van der Waals surface area contributed by atoms with E-state index in [1.807, 2.05) is 35.8 Å². The maximum Gasteiger partial charge on any atom is 0.271 e. The summed E-state index contributed by atoms with van der Waals surface area (Å²) in [6, 6.07) is 7.67. The second-order valence-corrected chi connectivity index (χ2v) is 9.31. The number of rotatable bonds is 6. The topological polar surface area (TPSA) is 80.0 Å². The summed E-state index contributed by atoms with van der Waals surface area (Å²) in [4.78, 5) is 31.4. The number of aromatic nitrogens is 1. The van der Waals surface area contributed by atoms with Crippen LogP contribution in [-0.4, -0.2) is 77.2 Å². The third kappa shape index (κ3) is 3.86. The molecule has 0 spiro atoms. The molecule has 32 heavy (non-hydrogen) atoms. The summed E-state index contributed by atoms with van der Waals surface area (Å²) in [7, 11) is 0. The molecule has 1 unspecified atom stereocenters. The Labute approximate surface area is 188 Å². The lowest BCUT2D eigenvalue weighted by Gasteiger charge is -2.45. The number of carbonyl (C=O) groups is 2. The molecular weight excluding hydrogens is 408 g/mol. The average molecular weight is 441 g/mol. The first-order valence-corrected chi connectivity index (χ1v) is 11.7. The summed E-state index contributed by atoms with van der Waals surface area (Å²) in [5.74, 6) is 0.528. The zero-order chi connectivity index (χ0) is 22.1. The number of nitrogens with one attached hydrogen (secondary N) is 1. The molecule has 1 saturated carbocycles. The molecule has 2 aromatic rings. The summed E-state index contributed by atoms with van der Waals surface area (Å²) in [6.07, 6.45) is 5.93. The van der Waals surface area contributed by atoms with Crippen LogP contribution in [-0.2, 0) is 16.1 Å². The lowest BCUT2D eigenvalue weighted by atomic mass is 9.94. The van der Waals surface area contributed by atoms with Crippen LogP contribution < -0.4 is 5.32 Å². The first kappa shape index (κ1) is 21.3. The van der Waals surface area contributed by atoms with Crippen LogP contribution in [0.1, 0.15) is 43.1 Å². The van der Waals surface area contributed by atoms with Gasteiger partial charge in [0.15, 0.2) is 0 Å². The Morgan fingerprint density at radius 1 is 1.12 bits per heavy atom. The summed E-state index contributed by atoms with van der Waals surface area (Å²) >= 11 is 0. The molecule has 5 rings (SSSR count). The monoisotopic (exact) mass is 440 g/mol. The first-order chi connectivity index (χ1) is 15.6.